The molecule has 3 nitrogen and oxygen atoms in total. The minimum atomic E-state index is -0.475. The lowest BCUT2D eigenvalue weighted by atomic mass is 9.77. The number of benzene rings is 1. The highest BCUT2D eigenvalue weighted by atomic mass is 16.6. The van der Waals surface area contributed by atoms with Crippen LogP contribution in [0.1, 0.15) is 65.4 Å². The third kappa shape index (κ3) is 3.50. The largest absolute Gasteiger partial charge is 0.443 e. The Hall–Kier alpha value is -1.77. The van der Waals surface area contributed by atoms with E-state index in [0.717, 1.165) is 12.1 Å². The number of fused-ring (bicyclic) bond motifs is 1. The first-order valence-corrected chi connectivity index (χ1v) is 9.06. The van der Waals surface area contributed by atoms with Crippen molar-refractivity contribution in [2.45, 2.75) is 70.8 Å². The summed E-state index contributed by atoms with van der Waals surface area (Å²) in [5.41, 5.74) is 3.31. The van der Waals surface area contributed by atoms with Crippen LogP contribution in [0.3, 0.4) is 0 Å². The molecule has 1 atom stereocenters. The number of nitrogens with zero attached hydrogens (tertiary/aromatic N) is 1. The lowest BCUT2D eigenvalue weighted by Gasteiger charge is -2.29. The summed E-state index contributed by atoms with van der Waals surface area (Å²) in [6.45, 7) is 8.72. The summed E-state index contributed by atoms with van der Waals surface area (Å²) in [7, 11) is 0. The summed E-state index contributed by atoms with van der Waals surface area (Å²) in [5, 5.41) is 0. The third-order valence-electron chi connectivity index (χ3n) is 4.97. The first-order chi connectivity index (χ1) is 11.3. The number of ether oxygens (including phenoxy) is 1. The van der Waals surface area contributed by atoms with Gasteiger partial charge in [-0.1, -0.05) is 36.8 Å². The number of para-hydroxylation sites is 1. The molecule has 0 N–H and O–H groups in total. The minimum absolute atomic E-state index is 0.0311. The number of amides is 1. The second kappa shape index (κ2) is 6.27. The number of anilines is 1. The molecule has 0 spiro atoms. The molecule has 1 aliphatic heterocycles. The second-order valence-corrected chi connectivity index (χ2v) is 8.43. The quantitative estimate of drug-likeness (QED) is 0.663. The van der Waals surface area contributed by atoms with E-state index < -0.39 is 5.60 Å². The van der Waals surface area contributed by atoms with Gasteiger partial charge in [-0.05, 0) is 64.5 Å². The van der Waals surface area contributed by atoms with E-state index in [2.05, 4.69) is 25.1 Å². The van der Waals surface area contributed by atoms with Gasteiger partial charge in [0, 0.05) is 12.0 Å². The zero-order valence-electron chi connectivity index (χ0n) is 15.4. The third-order valence-corrected chi connectivity index (χ3v) is 4.97. The van der Waals surface area contributed by atoms with E-state index >= 15 is 0 Å². The van der Waals surface area contributed by atoms with Gasteiger partial charge >= 0.3 is 6.09 Å². The van der Waals surface area contributed by atoms with Crippen LogP contribution in [0.25, 0.3) is 0 Å². The van der Waals surface area contributed by atoms with Crippen LogP contribution in [0, 0.1) is 0 Å². The van der Waals surface area contributed by atoms with E-state index in [1.807, 2.05) is 37.8 Å². The van der Waals surface area contributed by atoms with Gasteiger partial charge in [0.2, 0.25) is 0 Å². The number of carbonyl (C=O) groups excluding carboxylic acids is 1. The molecular weight excluding hydrogens is 298 g/mol. The summed E-state index contributed by atoms with van der Waals surface area (Å²) in [4.78, 5) is 14.5. The molecule has 0 bridgehead atoms. The summed E-state index contributed by atoms with van der Waals surface area (Å²) < 4.78 is 5.63. The molecule has 0 fully saturated rings. The Balaban J connectivity index is 1.88. The average Bonchev–Trinajstić information content (AvgIpc) is 2.81. The number of hydrogen-bond acceptors (Lipinski definition) is 2. The number of carbonyl (C=O) groups is 1. The van der Waals surface area contributed by atoms with Gasteiger partial charge in [-0.2, -0.15) is 0 Å². The highest BCUT2D eigenvalue weighted by Gasteiger charge is 2.42. The molecule has 0 aromatic heterocycles. The fourth-order valence-electron chi connectivity index (χ4n) is 3.94. The van der Waals surface area contributed by atoms with Crippen molar-refractivity contribution in [1.29, 1.82) is 0 Å². The van der Waals surface area contributed by atoms with Crippen molar-refractivity contribution in [2.24, 2.45) is 0 Å². The van der Waals surface area contributed by atoms with Crippen molar-refractivity contribution in [2.75, 3.05) is 11.4 Å². The fraction of sp³-hybridized carbons (Fsp3) is 0.571. The Bertz CT molecular complexity index is 656. The van der Waals surface area contributed by atoms with Crippen LogP contribution in [-0.2, 0) is 10.2 Å². The molecule has 0 saturated carbocycles. The van der Waals surface area contributed by atoms with Gasteiger partial charge in [0.1, 0.15) is 5.60 Å². The predicted molar refractivity (Wildman–Crippen MR) is 98.5 cm³/mol. The molecule has 1 aromatic rings. The standard InChI is InChI=1S/C21H29NO2/c1-20(2,3)24-19(23)22-15-21(4,14-16-10-6-5-7-11-16)17-12-8-9-13-18(17)22/h8-10,12-13H,5-7,11,14-15H2,1-4H3/t21-/m0/s1. The van der Waals surface area contributed by atoms with Crippen molar-refractivity contribution in [3.8, 4) is 0 Å². The van der Waals surface area contributed by atoms with Crippen molar-refractivity contribution < 1.29 is 9.53 Å². The smallest absolute Gasteiger partial charge is 0.414 e. The first kappa shape index (κ1) is 17.1. The molecule has 3 rings (SSSR count). The van der Waals surface area contributed by atoms with E-state index in [1.165, 1.54) is 31.2 Å². The monoisotopic (exact) mass is 327 g/mol. The van der Waals surface area contributed by atoms with E-state index in [1.54, 1.807) is 5.57 Å². The molecule has 24 heavy (non-hydrogen) atoms. The predicted octanol–water partition coefficient (Wildman–Crippen LogP) is 5.59. The van der Waals surface area contributed by atoms with Gasteiger partial charge < -0.3 is 4.74 Å². The summed E-state index contributed by atoms with van der Waals surface area (Å²) >= 11 is 0. The highest BCUT2D eigenvalue weighted by molar-refractivity contribution is 5.91. The first-order valence-electron chi connectivity index (χ1n) is 9.06. The molecule has 0 unspecified atom stereocenters. The van der Waals surface area contributed by atoms with E-state index in [9.17, 15) is 4.79 Å². The Morgan fingerprint density at radius 1 is 1.25 bits per heavy atom. The van der Waals surface area contributed by atoms with Crippen molar-refractivity contribution in [3.63, 3.8) is 0 Å². The Labute approximate surface area is 145 Å². The van der Waals surface area contributed by atoms with Crippen molar-refractivity contribution >= 4 is 11.8 Å². The molecule has 2 aliphatic rings. The van der Waals surface area contributed by atoms with E-state index in [0.29, 0.717) is 6.54 Å². The minimum Gasteiger partial charge on any atom is -0.443 e. The van der Waals surface area contributed by atoms with Crippen LogP contribution in [0.15, 0.2) is 35.9 Å². The van der Waals surface area contributed by atoms with Gasteiger partial charge in [-0.25, -0.2) is 4.79 Å². The molecule has 3 heteroatoms. The van der Waals surface area contributed by atoms with Crippen LogP contribution in [0.4, 0.5) is 10.5 Å². The van der Waals surface area contributed by atoms with Gasteiger partial charge in [-0.15, -0.1) is 0 Å². The zero-order chi connectivity index (χ0) is 17.4. The lowest BCUT2D eigenvalue weighted by Crippen LogP contribution is -2.39. The molecule has 130 valence electrons. The maximum atomic E-state index is 12.7. The average molecular weight is 327 g/mol. The number of allylic oxidation sites excluding steroid dienone is 2. The van der Waals surface area contributed by atoms with Crippen molar-refractivity contribution in [3.05, 3.63) is 41.5 Å². The molecule has 1 heterocycles. The molecule has 0 saturated heterocycles. The Kier molecular flexibility index (Phi) is 4.46. The lowest BCUT2D eigenvalue weighted by molar-refractivity contribution is 0.0578. The summed E-state index contributed by atoms with van der Waals surface area (Å²) in [6, 6.07) is 8.29. The molecular formula is C21H29NO2. The summed E-state index contributed by atoms with van der Waals surface area (Å²) in [6.07, 6.45) is 8.20. The summed E-state index contributed by atoms with van der Waals surface area (Å²) in [5.74, 6) is 0. The molecule has 1 aromatic carbocycles. The van der Waals surface area contributed by atoms with Crippen LogP contribution < -0.4 is 4.90 Å². The van der Waals surface area contributed by atoms with E-state index in [4.69, 9.17) is 4.74 Å². The van der Waals surface area contributed by atoms with Crippen LogP contribution in [0.5, 0.6) is 0 Å². The normalized spacial score (nSPS) is 23.7. The van der Waals surface area contributed by atoms with Crippen molar-refractivity contribution in [1.82, 2.24) is 0 Å². The van der Waals surface area contributed by atoms with Crippen LogP contribution in [0.2, 0.25) is 0 Å². The maximum absolute atomic E-state index is 12.7. The van der Waals surface area contributed by atoms with Crippen LogP contribution >= 0.6 is 0 Å². The number of rotatable bonds is 2. The van der Waals surface area contributed by atoms with Gasteiger partial charge in [0.15, 0.2) is 0 Å². The molecule has 1 amide bonds. The maximum Gasteiger partial charge on any atom is 0.414 e. The Morgan fingerprint density at radius 2 is 2.00 bits per heavy atom. The second-order valence-electron chi connectivity index (χ2n) is 8.43. The molecule has 1 aliphatic carbocycles. The topological polar surface area (TPSA) is 29.5 Å². The van der Waals surface area contributed by atoms with Gasteiger partial charge in [0.05, 0.1) is 5.69 Å². The SMILES string of the molecule is CC(C)(C)OC(=O)N1C[C@](C)(CC2=CCCCC2)c2ccccc21. The van der Waals surface area contributed by atoms with Gasteiger partial charge in [-0.3, -0.25) is 4.90 Å². The van der Waals surface area contributed by atoms with Crippen LogP contribution in [-0.4, -0.2) is 18.2 Å². The van der Waals surface area contributed by atoms with Gasteiger partial charge in [0.25, 0.3) is 0 Å². The van der Waals surface area contributed by atoms with E-state index in [-0.39, 0.29) is 11.5 Å². The Morgan fingerprint density at radius 3 is 2.67 bits per heavy atom. The fourth-order valence-corrected chi connectivity index (χ4v) is 3.94. The zero-order valence-corrected chi connectivity index (χ0v) is 15.4. The molecule has 0 radical (unpaired) electrons. The highest BCUT2D eigenvalue weighted by Crippen LogP contribution is 2.45. The number of hydrogen-bond donors (Lipinski definition) is 0.